The van der Waals surface area contributed by atoms with Gasteiger partial charge >= 0.3 is 0 Å². The van der Waals surface area contributed by atoms with E-state index in [4.69, 9.17) is 0 Å². The quantitative estimate of drug-likeness (QED) is 0.734. The molecule has 0 radical (unpaired) electrons. The van der Waals surface area contributed by atoms with Crippen LogP contribution in [0.4, 0.5) is 0 Å². The SMILES string of the molecule is CC(NC(=O)c1cc(O)ccc1O)C1CCCCC1. The number of hydrogen-bond donors (Lipinski definition) is 3. The van der Waals surface area contributed by atoms with Crippen LogP contribution in [0.3, 0.4) is 0 Å². The van der Waals surface area contributed by atoms with Gasteiger partial charge in [-0.05, 0) is 43.9 Å². The molecule has 4 nitrogen and oxygen atoms in total. The fraction of sp³-hybridized carbons (Fsp3) is 0.533. The molecule has 1 atom stereocenters. The third kappa shape index (κ3) is 3.40. The summed E-state index contributed by atoms with van der Waals surface area (Å²) in [5.74, 6) is 0.0584. The van der Waals surface area contributed by atoms with Crippen molar-refractivity contribution in [3.8, 4) is 11.5 Å². The monoisotopic (exact) mass is 263 g/mol. The Labute approximate surface area is 113 Å². The minimum absolute atomic E-state index is 0.0201. The van der Waals surface area contributed by atoms with Gasteiger partial charge in [-0.3, -0.25) is 4.79 Å². The standard InChI is InChI=1S/C15H21NO3/c1-10(11-5-3-2-4-6-11)16-15(19)13-9-12(17)7-8-14(13)18/h7-11,17-18H,2-6H2,1H3,(H,16,19). The van der Waals surface area contributed by atoms with Gasteiger partial charge in [0.1, 0.15) is 11.5 Å². The lowest BCUT2D eigenvalue weighted by Crippen LogP contribution is -2.38. The molecule has 1 aliphatic rings. The van der Waals surface area contributed by atoms with E-state index >= 15 is 0 Å². The molecule has 1 aromatic rings. The Bertz CT molecular complexity index is 453. The molecule has 0 aliphatic heterocycles. The van der Waals surface area contributed by atoms with Crippen molar-refractivity contribution in [1.82, 2.24) is 5.32 Å². The first-order chi connectivity index (χ1) is 9.08. The summed E-state index contributed by atoms with van der Waals surface area (Å²) in [5, 5.41) is 22.0. The first-order valence-corrected chi connectivity index (χ1v) is 6.91. The van der Waals surface area contributed by atoms with Gasteiger partial charge in [0.05, 0.1) is 5.56 Å². The number of amides is 1. The van der Waals surface area contributed by atoms with E-state index in [1.165, 1.54) is 37.5 Å². The zero-order valence-electron chi connectivity index (χ0n) is 11.2. The minimum Gasteiger partial charge on any atom is -0.508 e. The van der Waals surface area contributed by atoms with Crippen LogP contribution in [0.15, 0.2) is 18.2 Å². The minimum atomic E-state index is -0.327. The van der Waals surface area contributed by atoms with Crippen molar-refractivity contribution >= 4 is 5.91 Å². The van der Waals surface area contributed by atoms with Crippen molar-refractivity contribution < 1.29 is 15.0 Å². The van der Waals surface area contributed by atoms with E-state index in [1.807, 2.05) is 6.92 Å². The van der Waals surface area contributed by atoms with Crippen LogP contribution in [-0.2, 0) is 0 Å². The molecule has 1 aliphatic carbocycles. The molecule has 4 heteroatoms. The van der Waals surface area contributed by atoms with Crippen molar-refractivity contribution in [1.29, 1.82) is 0 Å². The molecule has 1 amide bonds. The second-order valence-electron chi connectivity index (χ2n) is 5.36. The van der Waals surface area contributed by atoms with Gasteiger partial charge in [-0.25, -0.2) is 0 Å². The Morgan fingerprint density at radius 1 is 1.26 bits per heavy atom. The van der Waals surface area contributed by atoms with Crippen LogP contribution in [0.25, 0.3) is 0 Å². The van der Waals surface area contributed by atoms with Gasteiger partial charge in [-0.15, -0.1) is 0 Å². The van der Waals surface area contributed by atoms with Gasteiger partial charge in [0.25, 0.3) is 5.91 Å². The van der Waals surface area contributed by atoms with E-state index < -0.39 is 0 Å². The summed E-state index contributed by atoms with van der Waals surface area (Å²) in [6, 6.07) is 4.07. The molecule has 3 N–H and O–H groups in total. The zero-order chi connectivity index (χ0) is 13.8. The molecule has 0 saturated heterocycles. The Balaban J connectivity index is 2.01. The lowest BCUT2D eigenvalue weighted by Gasteiger charge is -2.28. The number of nitrogens with one attached hydrogen (secondary N) is 1. The summed E-state index contributed by atoms with van der Waals surface area (Å²) in [5.41, 5.74) is 0.127. The molecular weight excluding hydrogens is 242 g/mol. The molecule has 0 heterocycles. The molecule has 1 aromatic carbocycles. The summed E-state index contributed by atoms with van der Waals surface area (Å²) < 4.78 is 0. The summed E-state index contributed by atoms with van der Waals surface area (Å²) in [7, 11) is 0. The van der Waals surface area contributed by atoms with Crippen LogP contribution in [0, 0.1) is 5.92 Å². The number of carbonyl (C=O) groups excluding carboxylic acids is 1. The first kappa shape index (κ1) is 13.7. The highest BCUT2D eigenvalue weighted by molar-refractivity contribution is 5.97. The van der Waals surface area contributed by atoms with E-state index in [2.05, 4.69) is 5.32 Å². The summed E-state index contributed by atoms with van der Waals surface area (Å²) in [4.78, 5) is 12.1. The van der Waals surface area contributed by atoms with Crippen LogP contribution in [-0.4, -0.2) is 22.2 Å². The fourth-order valence-corrected chi connectivity index (χ4v) is 2.74. The van der Waals surface area contributed by atoms with Crippen LogP contribution in [0.2, 0.25) is 0 Å². The molecule has 0 spiro atoms. The molecule has 0 bridgehead atoms. The van der Waals surface area contributed by atoms with E-state index in [0.29, 0.717) is 5.92 Å². The highest BCUT2D eigenvalue weighted by atomic mass is 16.3. The van der Waals surface area contributed by atoms with Crippen molar-refractivity contribution in [3.05, 3.63) is 23.8 Å². The molecule has 0 aromatic heterocycles. The molecule has 1 fully saturated rings. The van der Waals surface area contributed by atoms with Gasteiger partial charge in [-0.1, -0.05) is 19.3 Å². The molecule has 1 saturated carbocycles. The second kappa shape index (κ2) is 5.95. The number of phenols is 2. The normalized spacial score (nSPS) is 17.9. The highest BCUT2D eigenvalue weighted by Crippen LogP contribution is 2.27. The molecule has 1 unspecified atom stereocenters. The first-order valence-electron chi connectivity index (χ1n) is 6.91. The van der Waals surface area contributed by atoms with Gasteiger partial charge < -0.3 is 15.5 Å². The van der Waals surface area contributed by atoms with Crippen LogP contribution in [0.1, 0.15) is 49.4 Å². The van der Waals surface area contributed by atoms with Gasteiger partial charge in [-0.2, -0.15) is 0 Å². The number of benzene rings is 1. The topological polar surface area (TPSA) is 69.6 Å². The van der Waals surface area contributed by atoms with E-state index in [9.17, 15) is 15.0 Å². The fourth-order valence-electron chi connectivity index (χ4n) is 2.74. The van der Waals surface area contributed by atoms with Crippen LogP contribution < -0.4 is 5.32 Å². The van der Waals surface area contributed by atoms with Crippen LogP contribution in [0.5, 0.6) is 11.5 Å². The van der Waals surface area contributed by atoms with Crippen molar-refractivity contribution in [2.24, 2.45) is 5.92 Å². The van der Waals surface area contributed by atoms with Crippen molar-refractivity contribution in [2.75, 3.05) is 0 Å². The summed E-state index contributed by atoms with van der Waals surface area (Å²) in [6.45, 7) is 2.01. The number of carbonyl (C=O) groups is 1. The Kier molecular flexibility index (Phi) is 4.30. The van der Waals surface area contributed by atoms with Crippen LogP contribution >= 0.6 is 0 Å². The predicted molar refractivity (Wildman–Crippen MR) is 73.3 cm³/mol. The maximum Gasteiger partial charge on any atom is 0.255 e. The van der Waals surface area contributed by atoms with Crippen molar-refractivity contribution in [2.45, 2.75) is 45.1 Å². The van der Waals surface area contributed by atoms with Gasteiger partial charge in [0.2, 0.25) is 0 Å². The second-order valence-corrected chi connectivity index (χ2v) is 5.36. The molecule has 19 heavy (non-hydrogen) atoms. The number of phenolic OH excluding ortho intramolecular Hbond substituents is 2. The largest absolute Gasteiger partial charge is 0.508 e. The maximum absolute atomic E-state index is 12.1. The van der Waals surface area contributed by atoms with Gasteiger partial charge in [0, 0.05) is 6.04 Å². The molecule has 2 rings (SSSR count). The smallest absolute Gasteiger partial charge is 0.255 e. The number of rotatable bonds is 3. The molecular formula is C15H21NO3. The maximum atomic E-state index is 12.1. The lowest BCUT2D eigenvalue weighted by molar-refractivity contribution is 0.0916. The van der Waals surface area contributed by atoms with E-state index in [1.54, 1.807) is 0 Å². The predicted octanol–water partition coefficient (Wildman–Crippen LogP) is 2.80. The average molecular weight is 263 g/mol. The zero-order valence-corrected chi connectivity index (χ0v) is 11.2. The Morgan fingerprint density at radius 3 is 2.63 bits per heavy atom. The third-order valence-electron chi connectivity index (χ3n) is 3.94. The average Bonchev–Trinajstić information content (AvgIpc) is 2.42. The third-order valence-corrected chi connectivity index (χ3v) is 3.94. The molecule has 104 valence electrons. The summed E-state index contributed by atoms with van der Waals surface area (Å²) >= 11 is 0. The Morgan fingerprint density at radius 2 is 1.95 bits per heavy atom. The van der Waals surface area contributed by atoms with Crippen molar-refractivity contribution in [3.63, 3.8) is 0 Å². The van der Waals surface area contributed by atoms with Gasteiger partial charge in [0.15, 0.2) is 0 Å². The lowest BCUT2D eigenvalue weighted by atomic mass is 9.84. The summed E-state index contributed by atoms with van der Waals surface area (Å²) in [6.07, 6.45) is 6.02. The van der Waals surface area contributed by atoms with E-state index in [0.717, 1.165) is 12.8 Å². The van der Waals surface area contributed by atoms with E-state index in [-0.39, 0.29) is 29.0 Å². The number of hydrogen-bond acceptors (Lipinski definition) is 3. The highest BCUT2D eigenvalue weighted by Gasteiger charge is 2.22. The number of aromatic hydroxyl groups is 2. The Hall–Kier alpha value is -1.71.